The number of nitrogens with one attached hydrogen (secondary N) is 1. The molecule has 1 heterocycles. The molecule has 1 N–H and O–H groups in total. The van der Waals surface area contributed by atoms with E-state index in [-0.39, 0.29) is 12.3 Å². The molecule has 0 spiro atoms. The highest BCUT2D eigenvalue weighted by atomic mass is 35.5. The van der Waals surface area contributed by atoms with E-state index < -0.39 is 5.82 Å². The molecule has 6 heteroatoms. The van der Waals surface area contributed by atoms with E-state index in [4.69, 9.17) is 11.6 Å². The maximum atomic E-state index is 13.7. The van der Waals surface area contributed by atoms with Crippen LogP contribution < -0.4 is 5.32 Å². The fourth-order valence-corrected chi connectivity index (χ4v) is 2.58. The minimum absolute atomic E-state index is 0.0492. The van der Waals surface area contributed by atoms with Gasteiger partial charge in [0.15, 0.2) is 0 Å². The molecule has 0 unspecified atom stereocenters. The third-order valence-electron chi connectivity index (χ3n) is 3.46. The van der Waals surface area contributed by atoms with Crippen LogP contribution in [0, 0.1) is 12.7 Å². The Morgan fingerprint density at radius 2 is 2.00 bits per heavy atom. The molecular formula is C18H15ClFN3O. The van der Waals surface area contributed by atoms with E-state index in [2.05, 4.69) is 10.4 Å². The molecule has 4 nitrogen and oxygen atoms in total. The molecule has 24 heavy (non-hydrogen) atoms. The summed E-state index contributed by atoms with van der Waals surface area (Å²) in [5.41, 5.74) is 1.83. The number of aryl methyl sites for hydroxylation is 1. The number of rotatable bonds is 4. The van der Waals surface area contributed by atoms with E-state index >= 15 is 0 Å². The smallest absolute Gasteiger partial charge is 0.230 e. The summed E-state index contributed by atoms with van der Waals surface area (Å²) in [5, 5.41) is 7.72. The van der Waals surface area contributed by atoms with E-state index in [1.165, 1.54) is 6.07 Å². The van der Waals surface area contributed by atoms with E-state index in [0.717, 1.165) is 11.4 Å². The van der Waals surface area contributed by atoms with Gasteiger partial charge in [0.1, 0.15) is 11.6 Å². The van der Waals surface area contributed by atoms with Crippen LogP contribution in [0.2, 0.25) is 5.02 Å². The largest absolute Gasteiger partial charge is 0.310 e. The fourth-order valence-electron chi connectivity index (χ4n) is 2.39. The van der Waals surface area contributed by atoms with Crippen LogP contribution in [0.5, 0.6) is 0 Å². The molecular weight excluding hydrogens is 329 g/mol. The molecule has 0 aliphatic rings. The van der Waals surface area contributed by atoms with Gasteiger partial charge in [-0.15, -0.1) is 0 Å². The molecule has 2 aromatic carbocycles. The molecule has 1 aromatic heterocycles. The second kappa shape index (κ2) is 6.84. The first-order valence-corrected chi connectivity index (χ1v) is 7.76. The van der Waals surface area contributed by atoms with Crippen molar-refractivity contribution < 1.29 is 9.18 Å². The zero-order valence-electron chi connectivity index (χ0n) is 13.0. The lowest BCUT2D eigenvalue weighted by atomic mass is 10.1. The van der Waals surface area contributed by atoms with E-state index in [1.807, 2.05) is 13.0 Å². The maximum absolute atomic E-state index is 13.7. The van der Waals surface area contributed by atoms with Crippen LogP contribution in [0.3, 0.4) is 0 Å². The van der Waals surface area contributed by atoms with Crippen LogP contribution in [-0.2, 0) is 11.2 Å². The first kappa shape index (κ1) is 16.2. The average molecular weight is 344 g/mol. The topological polar surface area (TPSA) is 46.9 Å². The predicted octanol–water partition coefficient (Wildman–Crippen LogP) is 4.15. The molecule has 3 rings (SSSR count). The molecule has 0 saturated carbocycles. The average Bonchev–Trinajstić information content (AvgIpc) is 2.90. The molecule has 0 saturated heterocycles. The predicted molar refractivity (Wildman–Crippen MR) is 92.0 cm³/mol. The summed E-state index contributed by atoms with van der Waals surface area (Å²) in [4.78, 5) is 12.2. The van der Waals surface area contributed by atoms with Crippen LogP contribution in [0.4, 0.5) is 10.2 Å². The van der Waals surface area contributed by atoms with Crippen LogP contribution >= 0.6 is 11.6 Å². The summed E-state index contributed by atoms with van der Waals surface area (Å²) in [6.45, 7) is 1.83. The number of aromatic nitrogens is 2. The summed E-state index contributed by atoms with van der Waals surface area (Å²) in [5.74, 6) is -0.202. The van der Waals surface area contributed by atoms with Crippen LogP contribution in [0.1, 0.15) is 11.3 Å². The zero-order chi connectivity index (χ0) is 17.1. The minimum atomic E-state index is -0.396. The van der Waals surface area contributed by atoms with Crippen LogP contribution in [-0.4, -0.2) is 15.7 Å². The van der Waals surface area contributed by atoms with Gasteiger partial charge in [0.25, 0.3) is 0 Å². The van der Waals surface area contributed by atoms with Gasteiger partial charge in [0.2, 0.25) is 5.91 Å². The summed E-state index contributed by atoms with van der Waals surface area (Å²) in [7, 11) is 0. The molecule has 0 radical (unpaired) electrons. The van der Waals surface area contributed by atoms with Crippen molar-refractivity contribution in [1.29, 1.82) is 0 Å². The van der Waals surface area contributed by atoms with Crippen molar-refractivity contribution in [1.82, 2.24) is 9.78 Å². The van der Waals surface area contributed by atoms with Gasteiger partial charge >= 0.3 is 0 Å². The van der Waals surface area contributed by atoms with Gasteiger partial charge in [-0.3, -0.25) is 4.79 Å². The van der Waals surface area contributed by atoms with E-state index in [9.17, 15) is 9.18 Å². The normalized spacial score (nSPS) is 10.6. The second-order valence-corrected chi connectivity index (χ2v) is 5.82. The Morgan fingerprint density at radius 1 is 1.21 bits per heavy atom. The fraction of sp³-hybridized carbons (Fsp3) is 0.111. The third kappa shape index (κ3) is 3.63. The van der Waals surface area contributed by atoms with Crippen molar-refractivity contribution in [3.05, 3.63) is 76.7 Å². The van der Waals surface area contributed by atoms with Gasteiger partial charge in [0.05, 0.1) is 17.8 Å². The zero-order valence-corrected chi connectivity index (χ0v) is 13.7. The first-order valence-electron chi connectivity index (χ1n) is 7.39. The standard InChI is InChI=1S/C18H15ClFN3O/c1-12-9-17(23(22-12)15-7-4-6-14(19)11-15)21-18(24)10-13-5-2-3-8-16(13)20/h2-9,11H,10H2,1H3,(H,21,24). The summed E-state index contributed by atoms with van der Waals surface area (Å²) in [6.07, 6.45) is -0.0492. The van der Waals surface area contributed by atoms with Crippen molar-refractivity contribution in [2.75, 3.05) is 5.32 Å². The Hall–Kier alpha value is -2.66. The molecule has 0 aliphatic carbocycles. The quantitative estimate of drug-likeness (QED) is 0.773. The number of hydrogen-bond donors (Lipinski definition) is 1. The number of nitrogens with zero attached hydrogens (tertiary/aromatic N) is 2. The van der Waals surface area contributed by atoms with E-state index in [0.29, 0.717) is 16.4 Å². The lowest BCUT2D eigenvalue weighted by Crippen LogP contribution is -2.17. The molecule has 0 bridgehead atoms. The van der Waals surface area contributed by atoms with Gasteiger partial charge in [-0.1, -0.05) is 35.9 Å². The molecule has 1 amide bonds. The molecule has 3 aromatic rings. The van der Waals surface area contributed by atoms with Gasteiger partial charge in [-0.25, -0.2) is 9.07 Å². The highest BCUT2D eigenvalue weighted by Gasteiger charge is 2.13. The number of benzene rings is 2. The van der Waals surface area contributed by atoms with Crippen LogP contribution in [0.25, 0.3) is 5.69 Å². The van der Waals surface area contributed by atoms with Crippen molar-refractivity contribution in [2.24, 2.45) is 0 Å². The minimum Gasteiger partial charge on any atom is -0.310 e. The lowest BCUT2D eigenvalue weighted by Gasteiger charge is -2.09. The van der Waals surface area contributed by atoms with Crippen LogP contribution in [0.15, 0.2) is 54.6 Å². The summed E-state index contributed by atoms with van der Waals surface area (Å²) >= 11 is 6.01. The number of carbonyl (C=O) groups is 1. The molecule has 0 fully saturated rings. The highest BCUT2D eigenvalue weighted by Crippen LogP contribution is 2.20. The number of anilines is 1. The molecule has 0 atom stereocenters. The van der Waals surface area contributed by atoms with Crippen molar-refractivity contribution in [3.63, 3.8) is 0 Å². The van der Waals surface area contributed by atoms with Gasteiger partial charge < -0.3 is 5.32 Å². The number of carbonyl (C=O) groups excluding carboxylic acids is 1. The lowest BCUT2D eigenvalue weighted by molar-refractivity contribution is -0.115. The van der Waals surface area contributed by atoms with Gasteiger partial charge in [0, 0.05) is 11.1 Å². The Balaban J connectivity index is 1.83. The Morgan fingerprint density at radius 3 is 2.75 bits per heavy atom. The molecule has 122 valence electrons. The van der Waals surface area contributed by atoms with Gasteiger partial charge in [-0.05, 0) is 36.8 Å². The SMILES string of the molecule is Cc1cc(NC(=O)Cc2ccccc2F)n(-c2cccc(Cl)c2)n1. The monoisotopic (exact) mass is 343 g/mol. The number of hydrogen-bond acceptors (Lipinski definition) is 2. The van der Waals surface area contributed by atoms with E-state index in [1.54, 1.807) is 47.1 Å². The second-order valence-electron chi connectivity index (χ2n) is 5.38. The number of amides is 1. The maximum Gasteiger partial charge on any atom is 0.230 e. The Bertz CT molecular complexity index is 891. The molecule has 0 aliphatic heterocycles. The van der Waals surface area contributed by atoms with Gasteiger partial charge in [-0.2, -0.15) is 5.10 Å². The highest BCUT2D eigenvalue weighted by molar-refractivity contribution is 6.30. The third-order valence-corrected chi connectivity index (χ3v) is 3.70. The van der Waals surface area contributed by atoms with Crippen molar-refractivity contribution >= 4 is 23.3 Å². The number of halogens is 2. The first-order chi connectivity index (χ1) is 11.5. The Kier molecular flexibility index (Phi) is 4.62. The summed E-state index contributed by atoms with van der Waals surface area (Å²) < 4.78 is 15.3. The van der Waals surface area contributed by atoms with Crippen molar-refractivity contribution in [2.45, 2.75) is 13.3 Å². The van der Waals surface area contributed by atoms with Crippen molar-refractivity contribution in [3.8, 4) is 5.69 Å². The Labute approximate surface area is 143 Å². The summed E-state index contributed by atoms with van der Waals surface area (Å²) in [6, 6.07) is 15.1.